The molecule has 78 valence electrons. The second kappa shape index (κ2) is 5.39. The van der Waals surface area contributed by atoms with Crippen molar-refractivity contribution in [2.45, 2.75) is 30.0 Å². The van der Waals surface area contributed by atoms with Crippen LogP contribution < -0.4 is 5.73 Å². The van der Waals surface area contributed by atoms with Gasteiger partial charge in [0, 0.05) is 16.2 Å². The van der Waals surface area contributed by atoms with E-state index < -0.39 is 0 Å². The van der Waals surface area contributed by atoms with Crippen LogP contribution in [0.25, 0.3) is 0 Å². The number of hydrogen-bond acceptors (Lipinski definition) is 3. The summed E-state index contributed by atoms with van der Waals surface area (Å²) in [6.07, 6.45) is 0. The third kappa shape index (κ3) is 3.33. The summed E-state index contributed by atoms with van der Waals surface area (Å²) >= 11 is 1.67. The fourth-order valence-corrected chi connectivity index (χ4v) is 1.95. The van der Waals surface area contributed by atoms with Gasteiger partial charge in [0.25, 0.3) is 0 Å². The van der Waals surface area contributed by atoms with E-state index in [2.05, 4.69) is 12.1 Å². The summed E-state index contributed by atoms with van der Waals surface area (Å²) in [4.78, 5) is 1.18. The molecule has 0 amide bonds. The Kier molecular flexibility index (Phi) is 4.45. The summed E-state index contributed by atoms with van der Waals surface area (Å²) in [6.45, 7) is 4.18. The third-order valence-corrected chi connectivity index (χ3v) is 3.10. The second-order valence-corrected chi connectivity index (χ2v) is 4.98. The second-order valence-electron chi connectivity index (χ2n) is 3.47. The summed E-state index contributed by atoms with van der Waals surface area (Å²) in [5.74, 6) is 0. The van der Waals surface area contributed by atoms with Gasteiger partial charge >= 0.3 is 0 Å². The number of thioether (sulfide) groups is 1. The van der Waals surface area contributed by atoms with Crippen molar-refractivity contribution < 1.29 is 5.11 Å². The van der Waals surface area contributed by atoms with Gasteiger partial charge in [-0.3, -0.25) is 0 Å². The highest BCUT2D eigenvalue weighted by molar-refractivity contribution is 8.00. The Labute approximate surface area is 89.5 Å². The van der Waals surface area contributed by atoms with Crippen molar-refractivity contribution in [1.29, 1.82) is 0 Å². The van der Waals surface area contributed by atoms with E-state index in [-0.39, 0.29) is 17.9 Å². The van der Waals surface area contributed by atoms with Gasteiger partial charge in [0.05, 0.1) is 6.61 Å². The maximum Gasteiger partial charge on any atom is 0.0550 e. The molecule has 0 aliphatic rings. The molecule has 1 aromatic rings. The van der Waals surface area contributed by atoms with Crippen LogP contribution in [0.2, 0.25) is 0 Å². The van der Waals surface area contributed by atoms with Crippen LogP contribution in [0.15, 0.2) is 29.2 Å². The molecule has 0 aromatic heterocycles. The normalized spacial score (nSPS) is 15.1. The van der Waals surface area contributed by atoms with E-state index in [0.717, 1.165) is 5.56 Å². The van der Waals surface area contributed by atoms with E-state index in [1.807, 2.05) is 26.0 Å². The van der Waals surface area contributed by atoms with E-state index in [4.69, 9.17) is 10.8 Å². The number of aliphatic hydroxyl groups excluding tert-OH is 1. The molecule has 3 heteroatoms. The Morgan fingerprint density at radius 3 is 2.29 bits per heavy atom. The molecule has 0 saturated heterocycles. The van der Waals surface area contributed by atoms with Crippen molar-refractivity contribution in [2.24, 2.45) is 5.73 Å². The van der Waals surface area contributed by atoms with Gasteiger partial charge in [0.2, 0.25) is 0 Å². The van der Waals surface area contributed by atoms with Crippen molar-refractivity contribution >= 4 is 11.8 Å². The molecule has 2 atom stereocenters. The number of hydrogen-bond donors (Lipinski definition) is 2. The van der Waals surface area contributed by atoms with Crippen LogP contribution in [0.1, 0.15) is 25.5 Å². The molecule has 3 N–H and O–H groups in total. The van der Waals surface area contributed by atoms with Crippen LogP contribution >= 0.6 is 11.8 Å². The largest absolute Gasteiger partial charge is 0.395 e. The van der Waals surface area contributed by atoms with E-state index in [1.54, 1.807) is 11.8 Å². The van der Waals surface area contributed by atoms with Gasteiger partial charge in [-0.15, -0.1) is 11.8 Å². The highest BCUT2D eigenvalue weighted by Crippen LogP contribution is 2.24. The van der Waals surface area contributed by atoms with E-state index >= 15 is 0 Å². The quantitative estimate of drug-likeness (QED) is 0.750. The first-order chi connectivity index (χ1) is 6.63. The monoisotopic (exact) mass is 211 g/mol. The Morgan fingerprint density at radius 1 is 1.29 bits per heavy atom. The molecule has 1 rings (SSSR count). The zero-order valence-electron chi connectivity index (χ0n) is 8.60. The van der Waals surface area contributed by atoms with Gasteiger partial charge in [-0.2, -0.15) is 0 Å². The van der Waals surface area contributed by atoms with Gasteiger partial charge in [0.1, 0.15) is 0 Å². The van der Waals surface area contributed by atoms with E-state index in [0.29, 0.717) is 0 Å². The van der Waals surface area contributed by atoms with Gasteiger partial charge < -0.3 is 10.8 Å². The maximum atomic E-state index is 8.90. The molecule has 2 nitrogen and oxygen atoms in total. The molecular weight excluding hydrogens is 194 g/mol. The van der Waals surface area contributed by atoms with Gasteiger partial charge in [-0.05, 0) is 24.6 Å². The molecule has 0 spiro atoms. The standard InChI is InChI=1S/C11H17NOS/c1-8(7-13)14-11-5-3-10(4-6-11)9(2)12/h3-6,8-9,13H,7,12H2,1-2H3/t8?,9-/m1/s1. The SMILES string of the molecule is CC(CO)Sc1ccc([C@@H](C)N)cc1. The molecule has 0 fully saturated rings. The molecule has 0 bridgehead atoms. The van der Waals surface area contributed by atoms with Crippen LogP contribution in [-0.2, 0) is 0 Å². The first-order valence-corrected chi connectivity index (χ1v) is 5.64. The summed E-state index contributed by atoms with van der Waals surface area (Å²) in [5, 5.41) is 9.14. The number of rotatable bonds is 4. The molecule has 1 aromatic carbocycles. The third-order valence-electron chi connectivity index (χ3n) is 2.00. The molecular formula is C11H17NOS. The van der Waals surface area contributed by atoms with Crippen molar-refractivity contribution in [2.75, 3.05) is 6.61 Å². The molecule has 0 heterocycles. The number of nitrogens with two attached hydrogens (primary N) is 1. The predicted molar refractivity (Wildman–Crippen MR) is 61.4 cm³/mol. The van der Waals surface area contributed by atoms with Crippen LogP contribution in [0.3, 0.4) is 0 Å². The summed E-state index contributed by atoms with van der Waals surface area (Å²) < 4.78 is 0. The van der Waals surface area contributed by atoms with Crippen LogP contribution in [0.4, 0.5) is 0 Å². The lowest BCUT2D eigenvalue weighted by molar-refractivity contribution is 0.300. The lowest BCUT2D eigenvalue weighted by Crippen LogP contribution is -2.04. The summed E-state index contributed by atoms with van der Waals surface area (Å²) in [6, 6.07) is 8.27. The zero-order chi connectivity index (χ0) is 10.6. The number of benzene rings is 1. The summed E-state index contributed by atoms with van der Waals surface area (Å²) in [7, 11) is 0. The Morgan fingerprint density at radius 2 is 1.86 bits per heavy atom. The topological polar surface area (TPSA) is 46.2 Å². The molecule has 14 heavy (non-hydrogen) atoms. The van der Waals surface area contributed by atoms with Crippen molar-refractivity contribution in [3.8, 4) is 0 Å². The highest BCUT2D eigenvalue weighted by Gasteiger charge is 2.03. The molecule has 0 saturated carbocycles. The first-order valence-electron chi connectivity index (χ1n) is 4.76. The lowest BCUT2D eigenvalue weighted by Gasteiger charge is -2.09. The molecule has 0 radical (unpaired) electrons. The smallest absolute Gasteiger partial charge is 0.0550 e. The number of aliphatic hydroxyl groups is 1. The Hall–Kier alpha value is -0.510. The minimum absolute atomic E-state index is 0.0873. The van der Waals surface area contributed by atoms with E-state index in [1.165, 1.54) is 4.90 Å². The minimum Gasteiger partial charge on any atom is -0.395 e. The zero-order valence-corrected chi connectivity index (χ0v) is 9.42. The van der Waals surface area contributed by atoms with Crippen LogP contribution in [0, 0.1) is 0 Å². The highest BCUT2D eigenvalue weighted by atomic mass is 32.2. The van der Waals surface area contributed by atoms with Gasteiger partial charge in [0.15, 0.2) is 0 Å². The van der Waals surface area contributed by atoms with E-state index in [9.17, 15) is 0 Å². The molecule has 0 aliphatic carbocycles. The summed E-state index contributed by atoms with van der Waals surface area (Å²) in [5.41, 5.74) is 6.89. The Balaban J connectivity index is 2.64. The minimum atomic E-state index is 0.0873. The van der Waals surface area contributed by atoms with Gasteiger partial charge in [-0.25, -0.2) is 0 Å². The molecule has 0 aliphatic heterocycles. The average Bonchev–Trinajstić information content (AvgIpc) is 2.18. The lowest BCUT2D eigenvalue weighted by atomic mass is 10.1. The maximum absolute atomic E-state index is 8.90. The fourth-order valence-electron chi connectivity index (χ4n) is 1.12. The fraction of sp³-hybridized carbons (Fsp3) is 0.455. The van der Waals surface area contributed by atoms with Crippen molar-refractivity contribution in [3.05, 3.63) is 29.8 Å². The average molecular weight is 211 g/mol. The first kappa shape index (κ1) is 11.6. The Bertz CT molecular complexity index is 271. The predicted octanol–water partition coefficient (Wildman–Crippen LogP) is 2.18. The van der Waals surface area contributed by atoms with Crippen molar-refractivity contribution in [1.82, 2.24) is 0 Å². The molecule has 1 unspecified atom stereocenters. The van der Waals surface area contributed by atoms with Crippen molar-refractivity contribution in [3.63, 3.8) is 0 Å². The van der Waals surface area contributed by atoms with Gasteiger partial charge in [-0.1, -0.05) is 19.1 Å². The van der Waals surface area contributed by atoms with Crippen LogP contribution in [-0.4, -0.2) is 17.0 Å². The van der Waals surface area contributed by atoms with Crippen LogP contribution in [0.5, 0.6) is 0 Å².